The molecule has 138 valence electrons. The molecule has 23 heavy (non-hydrogen) atoms. The highest BCUT2D eigenvalue weighted by Gasteiger charge is 2.13. The molecule has 0 aromatic rings. The quantitative estimate of drug-likeness (QED) is 0.212. The molecular weight excluding hydrogens is 405 g/mol. The van der Waals surface area contributed by atoms with Crippen LogP contribution in [0.3, 0.4) is 0 Å². The van der Waals surface area contributed by atoms with Gasteiger partial charge in [-0.25, -0.2) is 0 Å². The lowest BCUT2D eigenvalue weighted by atomic mass is 10.0. The monoisotopic (exact) mass is 441 g/mol. The molecule has 0 aromatic heterocycles. The van der Waals surface area contributed by atoms with Crippen molar-refractivity contribution in [1.82, 2.24) is 10.6 Å². The summed E-state index contributed by atoms with van der Waals surface area (Å²) in [4.78, 5) is 4.58. The lowest BCUT2D eigenvalue weighted by Gasteiger charge is -2.13. The van der Waals surface area contributed by atoms with Crippen LogP contribution >= 0.6 is 24.0 Å². The number of hydrogen-bond donors (Lipinski definition) is 2. The first kappa shape index (κ1) is 22.9. The van der Waals surface area contributed by atoms with Crippen LogP contribution in [0.5, 0.6) is 0 Å². The zero-order valence-corrected chi connectivity index (χ0v) is 17.3. The minimum atomic E-state index is 0. The summed E-state index contributed by atoms with van der Waals surface area (Å²) in [7, 11) is 1.69. The van der Waals surface area contributed by atoms with Gasteiger partial charge in [0.1, 0.15) is 0 Å². The summed E-state index contributed by atoms with van der Waals surface area (Å²) in [5.74, 6) is 1.91. The number of aliphatic imine (C=N–C) groups is 1. The molecule has 6 heteroatoms. The van der Waals surface area contributed by atoms with Crippen LogP contribution in [-0.2, 0) is 9.47 Å². The van der Waals surface area contributed by atoms with Crippen LogP contribution in [0, 0.1) is 5.92 Å². The maximum atomic E-state index is 5.44. The average molecular weight is 441 g/mol. The molecule has 1 aliphatic carbocycles. The van der Waals surface area contributed by atoms with Crippen molar-refractivity contribution in [3.05, 3.63) is 0 Å². The SMILES string of the molecule is CCNC(=NCCCOCCOC)NCCCC1CCCC1.I. The van der Waals surface area contributed by atoms with Crippen molar-refractivity contribution < 1.29 is 9.47 Å². The van der Waals surface area contributed by atoms with Gasteiger partial charge in [0.25, 0.3) is 0 Å². The lowest BCUT2D eigenvalue weighted by molar-refractivity contribution is 0.0702. The second-order valence-electron chi connectivity index (χ2n) is 5.94. The van der Waals surface area contributed by atoms with Crippen molar-refractivity contribution in [3.8, 4) is 0 Å². The highest BCUT2D eigenvalue weighted by atomic mass is 127. The highest BCUT2D eigenvalue weighted by molar-refractivity contribution is 14.0. The molecule has 1 fully saturated rings. The Balaban J connectivity index is 0.00000484. The van der Waals surface area contributed by atoms with Crippen molar-refractivity contribution in [2.75, 3.05) is 46.6 Å². The number of halogens is 1. The van der Waals surface area contributed by atoms with E-state index in [2.05, 4.69) is 22.5 Å². The number of rotatable bonds is 12. The molecule has 0 aliphatic heterocycles. The normalized spacial score (nSPS) is 15.5. The second kappa shape index (κ2) is 16.8. The topological polar surface area (TPSA) is 54.9 Å². The van der Waals surface area contributed by atoms with Crippen molar-refractivity contribution in [3.63, 3.8) is 0 Å². The summed E-state index contributed by atoms with van der Waals surface area (Å²) < 4.78 is 10.4. The molecule has 0 aromatic carbocycles. The summed E-state index contributed by atoms with van der Waals surface area (Å²) in [5.41, 5.74) is 0. The predicted molar refractivity (Wildman–Crippen MR) is 108 cm³/mol. The first-order valence-electron chi connectivity index (χ1n) is 8.95. The summed E-state index contributed by atoms with van der Waals surface area (Å²) in [6, 6.07) is 0. The Labute approximate surface area is 159 Å². The molecule has 1 rings (SSSR count). The van der Waals surface area contributed by atoms with E-state index in [1.165, 1.54) is 38.5 Å². The molecule has 1 aliphatic rings. The molecule has 1 saturated carbocycles. The molecule has 0 spiro atoms. The molecule has 0 amide bonds. The van der Waals surface area contributed by atoms with Crippen LogP contribution in [0.4, 0.5) is 0 Å². The van der Waals surface area contributed by atoms with Crippen LogP contribution < -0.4 is 10.6 Å². The third-order valence-electron chi connectivity index (χ3n) is 4.05. The standard InChI is InChI=1S/C17H35N3O2.HI/c1-3-18-17(20-12-7-13-22-15-14-21-2)19-11-6-10-16-8-4-5-9-16;/h16H,3-15H2,1-2H3,(H2,18,19,20);1H. The largest absolute Gasteiger partial charge is 0.382 e. The summed E-state index contributed by atoms with van der Waals surface area (Å²) in [6.45, 7) is 6.89. The molecular formula is C17H36IN3O2. The van der Waals surface area contributed by atoms with E-state index >= 15 is 0 Å². The van der Waals surface area contributed by atoms with Crippen LogP contribution in [0.1, 0.15) is 51.9 Å². The molecule has 0 atom stereocenters. The van der Waals surface area contributed by atoms with Crippen LogP contribution in [-0.4, -0.2) is 52.5 Å². The summed E-state index contributed by atoms with van der Waals surface area (Å²) in [5, 5.41) is 6.73. The number of nitrogens with one attached hydrogen (secondary N) is 2. The molecule has 0 radical (unpaired) electrons. The molecule has 5 nitrogen and oxygen atoms in total. The number of nitrogens with zero attached hydrogens (tertiary/aromatic N) is 1. The van der Waals surface area contributed by atoms with Gasteiger partial charge in [-0.15, -0.1) is 24.0 Å². The predicted octanol–water partition coefficient (Wildman–Crippen LogP) is 3.18. The van der Waals surface area contributed by atoms with Gasteiger partial charge in [-0.2, -0.15) is 0 Å². The fraction of sp³-hybridized carbons (Fsp3) is 0.941. The van der Waals surface area contributed by atoms with Gasteiger partial charge in [-0.05, 0) is 32.1 Å². The third kappa shape index (κ3) is 12.9. The van der Waals surface area contributed by atoms with Gasteiger partial charge < -0.3 is 20.1 Å². The van der Waals surface area contributed by atoms with E-state index in [-0.39, 0.29) is 24.0 Å². The summed E-state index contributed by atoms with van der Waals surface area (Å²) >= 11 is 0. The lowest BCUT2D eigenvalue weighted by Crippen LogP contribution is -2.38. The number of methoxy groups -OCH3 is 1. The fourth-order valence-corrected chi connectivity index (χ4v) is 2.84. The Hall–Kier alpha value is -0.0800. The van der Waals surface area contributed by atoms with Crippen LogP contribution in [0.2, 0.25) is 0 Å². The second-order valence-corrected chi connectivity index (χ2v) is 5.94. The molecule has 0 unspecified atom stereocenters. The Morgan fingerprint density at radius 3 is 2.57 bits per heavy atom. The Bertz CT molecular complexity index is 285. The maximum absolute atomic E-state index is 5.44. The Morgan fingerprint density at radius 1 is 1.09 bits per heavy atom. The van der Waals surface area contributed by atoms with Gasteiger partial charge in [0.05, 0.1) is 13.2 Å². The highest BCUT2D eigenvalue weighted by Crippen LogP contribution is 2.28. The van der Waals surface area contributed by atoms with Gasteiger partial charge >= 0.3 is 0 Å². The van der Waals surface area contributed by atoms with E-state index in [4.69, 9.17) is 9.47 Å². The molecule has 0 saturated heterocycles. The fourth-order valence-electron chi connectivity index (χ4n) is 2.84. The van der Waals surface area contributed by atoms with E-state index in [1.54, 1.807) is 7.11 Å². The van der Waals surface area contributed by atoms with Crippen molar-refractivity contribution in [1.29, 1.82) is 0 Å². The van der Waals surface area contributed by atoms with Crippen molar-refractivity contribution in [2.24, 2.45) is 10.9 Å². The zero-order chi connectivity index (χ0) is 15.9. The third-order valence-corrected chi connectivity index (χ3v) is 4.05. The Kier molecular flexibility index (Phi) is 16.7. The number of guanidine groups is 1. The molecule has 2 N–H and O–H groups in total. The average Bonchev–Trinajstić information content (AvgIpc) is 3.03. The van der Waals surface area contributed by atoms with E-state index in [0.717, 1.165) is 44.5 Å². The maximum Gasteiger partial charge on any atom is 0.191 e. The van der Waals surface area contributed by atoms with Gasteiger partial charge in [-0.1, -0.05) is 25.7 Å². The molecule has 0 bridgehead atoms. The van der Waals surface area contributed by atoms with Gasteiger partial charge in [0.2, 0.25) is 0 Å². The van der Waals surface area contributed by atoms with Gasteiger partial charge in [0.15, 0.2) is 5.96 Å². The van der Waals surface area contributed by atoms with Crippen LogP contribution in [0.15, 0.2) is 4.99 Å². The molecule has 0 heterocycles. The van der Waals surface area contributed by atoms with E-state index in [1.807, 2.05) is 0 Å². The van der Waals surface area contributed by atoms with E-state index < -0.39 is 0 Å². The minimum Gasteiger partial charge on any atom is -0.382 e. The first-order valence-corrected chi connectivity index (χ1v) is 8.95. The smallest absolute Gasteiger partial charge is 0.191 e. The van der Waals surface area contributed by atoms with Crippen molar-refractivity contribution in [2.45, 2.75) is 51.9 Å². The Morgan fingerprint density at radius 2 is 1.87 bits per heavy atom. The van der Waals surface area contributed by atoms with Crippen LogP contribution in [0.25, 0.3) is 0 Å². The van der Waals surface area contributed by atoms with E-state index in [0.29, 0.717) is 13.2 Å². The van der Waals surface area contributed by atoms with E-state index in [9.17, 15) is 0 Å². The first-order chi connectivity index (χ1) is 10.9. The van der Waals surface area contributed by atoms with Gasteiger partial charge in [-0.3, -0.25) is 4.99 Å². The van der Waals surface area contributed by atoms with Gasteiger partial charge in [0, 0.05) is 33.4 Å². The zero-order valence-electron chi connectivity index (χ0n) is 14.9. The summed E-state index contributed by atoms with van der Waals surface area (Å²) in [6.07, 6.45) is 9.31. The number of hydrogen-bond acceptors (Lipinski definition) is 3. The van der Waals surface area contributed by atoms with Crippen molar-refractivity contribution >= 4 is 29.9 Å². The number of ether oxygens (including phenoxy) is 2. The minimum absolute atomic E-state index is 0.